The highest BCUT2D eigenvalue weighted by atomic mass is 19.1. The van der Waals surface area contributed by atoms with E-state index in [-0.39, 0.29) is 49.2 Å². The molecule has 1 heterocycles. The predicted octanol–water partition coefficient (Wildman–Crippen LogP) is 4.91. The molecule has 7 nitrogen and oxygen atoms in total. The quantitative estimate of drug-likeness (QED) is 0.624. The molecule has 180 valence electrons. The number of para-hydroxylation sites is 1. The standard InChI is InChI=1S/C26H29FN2O5/c1-2-28(23(30)14-15-24(31)32)25-19-6-3-4-8-21(19)29(22-9-5-7-20(22)25)26(33)34-16-17-10-12-18(27)13-11-17/h3-4,6,8,10-13,20,22,25H,2,5,7,9,14-16H2,1H3,(H,31,32). The number of carbonyl (C=O) groups excluding carboxylic acids is 2. The molecular formula is C26H29FN2O5. The van der Waals surface area contributed by atoms with Gasteiger partial charge in [0.15, 0.2) is 0 Å². The first-order valence-electron chi connectivity index (χ1n) is 11.7. The number of hydrogen-bond acceptors (Lipinski definition) is 4. The summed E-state index contributed by atoms with van der Waals surface area (Å²) < 4.78 is 18.8. The number of nitrogens with zero attached hydrogens (tertiary/aromatic N) is 2. The van der Waals surface area contributed by atoms with Gasteiger partial charge in [-0.2, -0.15) is 0 Å². The maximum Gasteiger partial charge on any atom is 0.414 e. The summed E-state index contributed by atoms with van der Waals surface area (Å²) in [5, 5.41) is 9.03. The fourth-order valence-electron chi connectivity index (χ4n) is 5.34. The molecule has 1 saturated carbocycles. The number of carboxylic acid groups (broad SMARTS) is 1. The third kappa shape index (κ3) is 4.76. The molecule has 0 aromatic heterocycles. The second-order valence-corrected chi connectivity index (χ2v) is 8.79. The van der Waals surface area contributed by atoms with Gasteiger partial charge >= 0.3 is 12.1 Å². The summed E-state index contributed by atoms with van der Waals surface area (Å²) in [4.78, 5) is 40.8. The number of fused-ring (bicyclic) bond motifs is 2. The van der Waals surface area contributed by atoms with Crippen LogP contribution in [0.3, 0.4) is 0 Å². The minimum atomic E-state index is -0.998. The number of carbonyl (C=O) groups is 3. The summed E-state index contributed by atoms with van der Waals surface area (Å²) in [6, 6.07) is 13.0. The van der Waals surface area contributed by atoms with E-state index in [1.165, 1.54) is 12.1 Å². The summed E-state index contributed by atoms with van der Waals surface area (Å²) in [5.74, 6) is -1.51. The monoisotopic (exact) mass is 468 g/mol. The normalized spacial score (nSPS) is 20.9. The summed E-state index contributed by atoms with van der Waals surface area (Å²) in [7, 11) is 0. The van der Waals surface area contributed by atoms with E-state index in [1.54, 1.807) is 21.9 Å². The Balaban J connectivity index is 1.62. The van der Waals surface area contributed by atoms with Gasteiger partial charge in [0.05, 0.1) is 18.2 Å². The zero-order valence-electron chi connectivity index (χ0n) is 19.2. The lowest BCUT2D eigenvalue weighted by atomic mass is 9.81. The van der Waals surface area contributed by atoms with E-state index in [0.717, 1.165) is 24.8 Å². The first kappa shape index (κ1) is 23.7. The number of aliphatic carboxylic acids is 1. The summed E-state index contributed by atoms with van der Waals surface area (Å²) in [6.45, 7) is 2.39. The van der Waals surface area contributed by atoms with Gasteiger partial charge in [0, 0.05) is 24.9 Å². The minimum absolute atomic E-state index is 0.0296. The van der Waals surface area contributed by atoms with Crippen molar-refractivity contribution >= 4 is 23.7 Å². The molecule has 1 aliphatic carbocycles. The molecule has 2 aliphatic rings. The molecule has 0 saturated heterocycles. The first-order chi connectivity index (χ1) is 16.4. The molecule has 8 heteroatoms. The Morgan fingerprint density at radius 3 is 2.53 bits per heavy atom. The van der Waals surface area contributed by atoms with Crippen molar-refractivity contribution in [2.45, 2.75) is 57.7 Å². The van der Waals surface area contributed by atoms with Crippen LogP contribution in [0.1, 0.15) is 56.2 Å². The molecule has 4 rings (SSSR count). The van der Waals surface area contributed by atoms with Crippen LogP contribution in [0.4, 0.5) is 14.9 Å². The van der Waals surface area contributed by atoms with Crippen molar-refractivity contribution in [2.75, 3.05) is 11.4 Å². The van der Waals surface area contributed by atoms with Crippen LogP contribution in [0.5, 0.6) is 0 Å². The number of benzene rings is 2. The average Bonchev–Trinajstić information content (AvgIpc) is 3.31. The summed E-state index contributed by atoms with van der Waals surface area (Å²) >= 11 is 0. The van der Waals surface area contributed by atoms with E-state index in [0.29, 0.717) is 17.8 Å². The predicted molar refractivity (Wildman–Crippen MR) is 124 cm³/mol. The molecule has 3 unspecified atom stereocenters. The van der Waals surface area contributed by atoms with Crippen LogP contribution in [0.15, 0.2) is 48.5 Å². The Kier molecular flexibility index (Phi) is 7.14. The molecule has 2 aromatic carbocycles. The number of rotatable bonds is 7. The highest BCUT2D eigenvalue weighted by Gasteiger charge is 2.48. The fraction of sp³-hybridized carbons (Fsp3) is 0.423. The van der Waals surface area contributed by atoms with Crippen LogP contribution in [0, 0.1) is 11.7 Å². The van der Waals surface area contributed by atoms with Crippen molar-refractivity contribution in [1.82, 2.24) is 4.90 Å². The van der Waals surface area contributed by atoms with Crippen molar-refractivity contribution in [1.29, 1.82) is 0 Å². The number of carboxylic acids is 1. The molecule has 1 fully saturated rings. The molecule has 0 bridgehead atoms. The van der Waals surface area contributed by atoms with Crippen molar-refractivity contribution in [3.8, 4) is 0 Å². The Morgan fingerprint density at radius 2 is 1.82 bits per heavy atom. The Bertz CT molecular complexity index is 1060. The largest absolute Gasteiger partial charge is 0.481 e. The van der Waals surface area contributed by atoms with Gasteiger partial charge in [-0.1, -0.05) is 36.8 Å². The molecule has 2 aromatic rings. The number of hydrogen-bond donors (Lipinski definition) is 1. The second-order valence-electron chi connectivity index (χ2n) is 8.79. The van der Waals surface area contributed by atoms with Gasteiger partial charge in [0.2, 0.25) is 5.91 Å². The third-order valence-corrected chi connectivity index (χ3v) is 6.81. The second kappa shape index (κ2) is 10.2. The van der Waals surface area contributed by atoms with E-state index < -0.39 is 12.1 Å². The molecule has 3 atom stereocenters. The van der Waals surface area contributed by atoms with E-state index in [1.807, 2.05) is 31.2 Å². The Hall–Kier alpha value is -3.42. The van der Waals surface area contributed by atoms with Gasteiger partial charge in [-0.05, 0) is 49.1 Å². The third-order valence-electron chi connectivity index (χ3n) is 6.81. The summed E-state index contributed by atoms with van der Waals surface area (Å²) in [6.07, 6.45) is 1.84. The van der Waals surface area contributed by atoms with E-state index >= 15 is 0 Å². The van der Waals surface area contributed by atoms with Gasteiger partial charge in [-0.3, -0.25) is 14.5 Å². The van der Waals surface area contributed by atoms with Crippen molar-refractivity contribution in [3.63, 3.8) is 0 Å². The zero-order valence-corrected chi connectivity index (χ0v) is 19.2. The highest BCUT2D eigenvalue weighted by Crippen LogP contribution is 2.50. The van der Waals surface area contributed by atoms with Crippen LogP contribution >= 0.6 is 0 Å². The van der Waals surface area contributed by atoms with E-state index in [4.69, 9.17) is 9.84 Å². The Labute approximate surface area is 198 Å². The van der Waals surface area contributed by atoms with Crippen LogP contribution in [0.2, 0.25) is 0 Å². The SMILES string of the molecule is CCN(C(=O)CCC(=O)O)C1c2ccccc2N(C(=O)OCc2ccc(F)cc2)C2CCCC12. The van der Waals surface area contributed by atoms with E-state index in [2.05, 4.69) is 0 Å². The van der Waals surface area contributed by atoms with Gasteiger partial charge in [-0.15, -0.1) is 0 Å². The van der Waals surface area contributed by atoms with E-state index in [9.17, 15) is 18.8 Å². The number of anilines is 1. The van der Waals surface area contributed by atoms with Gasteiger partial charge in [0.1, 0.15) is 12.4 Å². The maximum atomic E-state index is 13.3. The Morgan fingerprint density at radius 1 is 1.09 bits per heavy atom. The number of halogens is 1. The topological polar surface area (TPSA) is 87.2 Å². The molecule has 34 heavy (non-hydrogen) atoms. The molecule has 2 amide bonds. The van der Waals surface area contributed by atoms with Crippen molar-refractivity contribution in [2.24, 2.45) is 5.92 Å². The molecule has 0 spiro atoms. The summed E-state index contributed by atoms with van der Waals surface area (Å²) in [5.41, 5.74) is 2.28. The number of ether oxygens (including phenoxy) is 1. The minimum Gasteiger partial charge on any atom is -0.481 e. The molecule has 0 radical (unpaired) electrons. The lowest BCUT2D eigenvalue weighted by Crippen LogP contribution is -2.52. The number of amides is 2. The smallest absolute Gasteiger partial charge is 0.414 e. The van der Waals surface area contributed by atoms with Gasteiger partial charge in [-0.25, -0.2) is 9.18 Å². The lowest BCUT2D eigenvalue weighted by molar-refractivity contribution is -0.142. The van der Waals surface area contributed by atoms with Crippen molar-refractivity contribution in [3.05, 3.63) is 65.5 Å². The van der Waals surface area contributed by atoms with Crippen LogP contribution < -0.4 is 4.90 Å². The van der Waals surface area contributed by atoms with Crippen LogP contribution in [-0.4, -0.2) is 40.6 Å². The maximum absolute atomic E-state index is 13.3. The van der Waals surface area contributed by atoms with Crippen LogP contribution in [-0.2, 0) is 20.9 Å². The lowest BCUT2D eigenvalue weighted by Gasteiger charge is -2.46. The zero-order chi connectivity index (χ0) is 24.2. The average molecular weight is 469 g/mol. The molecule has 1 N–H and O–H groups in total. The van der Waals surface area contributed by atoms with Crippen molar-refractivity contribution < 1.29 is 28.6 Å². The first-order valence-corrected chi connectivity index (χ1v) is 11.7. The molecular weight excluding hydrogens is 439 g/mol. The van der Waals surface area contributed by atoms with Gasteiger partial charge in [0.25, 0.3) is 0 Å². The fourth-order valence-corrected chi connectivity index (χ4v) is 5.34. The molecule has 1 aliphatic heterocycles. The van der Waals surface area contributed by atoms with Gasteiger partial charge < -0.3 is 14.7 Å². The highest BCUT2D eigenvalue weighted by molar-refractivity contribution is 5.91. The van der Waals surface area contributed by atoms with Crippen LogP contribution in [0.25, 0.3) is 0 Å².